The molecule has 2 aromatic rings. The third-order valence-corrected chi connectivity index (χ3v) is 6.71. The van der Waals surface area contributed by atoms with Crippen molar-refractivity contribution in [1.82, 2.24) is 4.72 Å². The van der Waals surface area contributed by atoms with Crippen molar-refractivity contribution in [3.8, 4) is 0 Å². The molecular formula is C16H20BrNO2S. The number of alkyl halides is 1. The highest BCUT2D eigenvalue weighted by Gasteiger charge is 2.31. The van der Waals surface area contributed by atoms with Gasteiger partial charge in [0.05, 0.1) is 4.90 Å². The molecule has 0 saturated heterocycles. The maximum atomic E-state index is 12.8. The molecule has 0 spiro atoms. The summed E-state index contributed by atoms with van der Waals surface area (Å²) in [7, 11) is -3.56. The lowest BCUT2D eigenvalue weighted by atomic mass is 9.97. The van der Waals surface area contributed by atoms with E-state index in [0.717, 1.165) is 23.6 Å². The minimum Gasteiger partial charge on any atom is -0.207 e. The highest BCUT2D eigenvalue weighted by Crippen LogP contribution is 2.26. The monoisotopic (exact) mass is 369 g/mol. The molecule has 0 aliphatic rings. The molecule has 1 N–H and O–H groups in total. The zero-order valence-electron chi connectivity index (χ0n) is 12.3. The molecule has 0 fully saturated rings. The molecule has 2 rings (SSSR count). The molecule has 0 radical (unpaired) electrons. The molecule has 3 nitrogen and oxygen atoms in total. The van der Waals surface area contributed by atoms with Gasteiger partial charge < -0.3 is 0 Å². The zero-order valence-corrected chi connectivity index (χ0v) is 14.7. The first kappa shape index (κ1) is 16.5. The normalized spacial score (nSPS) is 12.7. The Morgan fingerprint density at radius 1 is 1.05 bits per heavy atom. The summed E-state index contributed by atoms with van der Waals surface area (Å²) in [6, 6.07) is 12.9. The van der Waals surface area contributed by atoms with Crippen LogP contribution in [0.2, 0.25) is 0 Å². The van der Waals surface area contributed by atoms with Gasteiger partial charge in [-0.1, -0.05) is 66.2 Å². The second kappa shape index (κ2) is 6.46. The van der Waals surface area contributed by atoms with Crippen LogP contribution < -0.4 is 4.72 Å². The molecule has 0 unspecified atom stereocenters. The summed E-state index contributed by atoms with van der Waals surface area (Å²) in [6.45, 7) is 3.99. The molecule has 0 heterocycles. The van der Waals surface area contributed by atoms with Crippen LogP contribution >= 0.6 is 15.9 Å². The quantitative estimate of drug-likeness (QED) is 0.779. The Hall–Kier alpha value is -0.910. The van der Waals surface area contributed by atoms with Crippen molar-refractivity contribution in [2.45, 2.75) is 37.1 Å². The van der Waals surface area contributed by atoms with Crippen LogP contribution in [0.4, 0.5) is 0 Å². The molecular weight excluding hydrogens is 350 g/mol. The highest BCUT2D eigenvalue weighted by molar-refractivity contribution is 9.09. The molecule has 2 aromatic carbocycles. The van der Waals surface area contributed by atoms with Crippen LogP contribution in [0.5, 0.6) is 0 Å². The number of benzene rings is 2. The molecule has 0 bridgehead atoms. The minimum absolute atomic E-state index is 0.341. The molecule has 0 aromatic heterocycles. The fourth-order valence-corrected chi connectivity index (χ4v) is 5.27. The summed E-state index contributed by atoms with van der Waals surface area (Å²) in [4.78, 5) is 0.341. The van der Waals surface area contributed by atoms with E-state index in [4.69, 9.17) is 0 Å². The number of hydrogen-bond acceptors (Lipinski definition) is 2. The van der Waals surface area contributed by atoms with Crippen LogP contribution in [0, 0.1) is 0 Å². The predicted octanol–water partition coefficient (Wildman–Crippen LogP) is 4.07. The van der Waals surface area contributed by atoms with Gasteiger partial charge >= 0.3 is 0 Å². The number of halogens is 1. The Morgan fingerprint density at radius 2 is 1.67 bits per heavy atom. The highest BCUT2D eigenvalue weighted by atomic mass is 79.9. The van der Waals surface area contributed by atoms with Gasteiger partial charge in [0.25, 0.3) is 0 Å². The van der Waals surface area contributed by atoms with Crippen molar-refractivity contribution in [3.05, 3.63) is 42.5 Å². The van der Waals surface area contributed by atoms with Gasteiger partial charge in [-0.3, -0.25) is 0 Å². The molecule has 0 amide bonds. The van der Waals surface area contributed by atoms with Gasteiger partial charge in [0.1, 0.15) is 0 Å². The number of rotatable bonds is 6. The summed E-state index contributed by atoms with van der Waals surface area (Å²) in [6.07, 6.45) is 1.47. The van der Waals surface area contributed by atoms with E-state index in [-0.39, 0.29) is 0 Å². The lowest BCUT2D eigenvalue weighted by Gasteiger charge is -2.30. The second-order valence-corrected chi connectivity index (χ2v) is 7.42. The molecule has 0 aliphatic heterocycles. The number of fused-ring (bicyclic) bond motifs is 1. The molecule has 0 saturated carbocycles. The third kappa shape index (κ3) is 3.30. The maximum Gasteiger partial charge on any atom is 0.241 e. The maximum absolute atomic E-state index is 12.8. The Bertz CT molecular complexity index is 710. The van der Waals surface area contributed by atoms with E-state index in [2.05, 4.69) is 20.7 Å². The van der Waals surface area contributed by atoms with Crippen LogP contribution in [0.3, 0.4) is 0 Å². The van der Waals surface area contributed by atoms with Gasteiger partial charge in [-0.15, -0.1) is 0 Å². The first-order valence-electron chi connectivity index (χ1n) is 7.06. The SMILES string of the molecule is CCC(CC)(CBr)NS(=O)(=O)c1cccc2ccccc12. The smallest absolute Gasteiger partial charge is 0.207 e. The number of sulfonamides is 1. The zero-order chi connectivity index (χ0) is 15.5. The Labute approximate surface area is 134 Å². The van der Waals surface area contributed by atoms with E-state index in [0.29, 0.717) is 10.2 Å². The first-order valence-corrected chi connectivity index (χ1v) is 9.66. The Balaban J connectivity index is 2.52. The summed E-state index contributed by atoms with van der Waals surface area (Å²) < 4.78 is 28.5. The van der Waals surface area contributed by atoms with E-state index in [1.165, 1.54) is 0 Å². The van der Waals surface area contributed by atoms with Crippen molar-refractivity contribution >= 4 is 36.7 Å². The fraction of sp³-hybridized carbons (Fsp3) is 0.375. The number of nitrogens with one attached hydrogen (secondary N) is 1. The van der Waals surface area contributed by atoms with Crippen LogP contribution in [-0.2, 0) is 10.0 Å². The summed E-state index contributed by atoms with van der Waals surface area (Å²) >= 11 is 3.44. The average molecular weight is 370 g/mol. The molecule has 5 heteroatoms. The molecule has 21 heavy (non-hydrogen) atoms. The molecule has 0 atom stereocenters. The van der Waals surface area contributed by atoms with E-state index in [9.17, 15) is 8.42 Å². The second-order valence-electron chi connectivity index (χ2n) is 5.20. The van der Waals surface area contributed by atoms with Crippen molar-refractivity contribution in [2.75, 3.05) is 5.33 Å². The molecule has 0 aliphatic carbocycles. The first-order chi connectivity index (χ1) is 9.98. The van der Waals surface area contributed by atoms with Gasteiger partial charge in [0.15, 0.2) is 0 Å². The predicted molar refractivity (Wildman–Crippen MR) is 91.4 cm³/mol. The van der Waals surface area contributed by atoms with Gasteiger partial charge in [0, 0.05) is 16.3 Å². The van der Waals surface area contributed by atoms with Crippen LogP contribution in [0.25, 0.3) is 10.8 Å². The van der Waals surface area contributed by atoms with E-state index >= 15 is 0 Å². The van der Waals surface area contributed by atoms with Gasteiger partial charge in [-0.2, -0.15) is 0 Å². The van der Waals surface area contributed by atoms with Crippen molar-refractivity contribution in [1.29, 1.82) is 0 Å². The van der Waals surface area contributed by atoms with Crippen molar-refractivity contribution in [2.24, 2.45) is 0 Å². The van der Waals surface area contributed by atoms with Crippen LogP contribution in [0.1, 0.15) is 26.7 Å². The van der Waals surface area contributed by atoms with Gasteiger partial charge in [-0.25, -0.2) is 13.1 Å². The number of hydrogen-bond donors (Lipinski definition) is 1. The van der Waals surface area contributed by atoms with Crippen molar-refractivity contribution < 1.29 is 8.42 Å². The van der Waals surface area contributed by atoms with E-state index in [1.54, 1.807) is 12.1 Å². The summed E-state index contributed by atoms with van der Waals surface area (Å²) in [5, 5.41) is 2.28. The van der Waals surface area contributed by atoms with E-state index < -0.39 is 15.6 Å². The summed E-state index contributed by atoms with van der Waals surface area (Å²) in [5.74, 6) is 0. The largest absolute Gasteiger partial charge is 0.241 e. The van der Waals surface area contributed by atoms with Crippen LogP contribution in [-0.4, -0.2) is 19.3 Å². The molecule has 114 valence electrons. The lowest BCUT2D eigenvalue weighted by molar-refractivity contribution is 0.399. The Morgan fingerprint density at radius 3 is 2.29 bits per heavy atom. The van der Waals surface area contributed by atoms with Gasteiger partial charge in [0.2, 0.25) is 10.0 Å². The third-order valence-electron chi connectivity index (χ3n) is 4.00. The fourth-order valence-electron chi connectivity index (χ4n) is 2.38. The topological polar surface area (TPSA) is 46.2 Å². The Kier molecular flexibility index (Phi) is 5.07. The summed E-state index contributed by atoms with van der Waals surface area (Å²) in [5.41, 5.74) is -0.449. The van der Waals surface area contributed by atoms with Gasteiger partial charge in [-0.05, 0) is 24.3 Å². The van der Waals surface area contributed by atoms with E-state index in [1.807, 2.05) is 44.2 Å². The average Bonchev–Trinajstić information content (AvgIpc) is 2.52. The lowest BCUT2D eigenvalue weighted by Crippen LogP contribution is -2.48. The van der Waals surface area contributed by atoms with Crippen LogP contribution in [0.15, 0.2) is 47.4 Å². The minimum atomic E-state index is -3.56. The standard InChI is InChI=1S/C16H20BrNO2S/c1-3-16(4-2,12-17)18-21(19,20)15-11-7-9-13-8-5-6-10-14(13)15/h5-11,18H,3-4,12H2,1-2H3. The van der Waals surface area contributed by atoms with Crippen molar-refractivity contribution in [3.63, 3.8) is 0 Å².